The van der Waals surface area contributed by atoms with Crippen LogP contribution in [0.5, 0.6) is 17.2 Å². The minimum Gasteiger partial charge on any atom is -0.496 e. The van der Waals surface area contributed by atoms with Crippen molar-refractivity contribution in [1.82, 2.24) is 10.2 Å². The highest BCUT2D eigenvalue weighted by Gasteiger charge is 2.41. The van der Waals surface area contributed by atoms with Gasteiger partial charge >= 0.3 is 5.97 Å². The fourth-order valence-corrected chi connectivity index (χ4v) is 4.10. The number of rotatable bonds is 7. The number of fused-ring (bicyclic) bond motifs is 2. The van der Waals surface area contributed by atoms with E-state index in [1.807, 2.05) is 23.4 Å². The molecule has 2 N–H and O–H groups in total. The summed E-state index contributed by atoms with van der Waals surface area (Å²) in [6.45, 7) is 6.29. The summed E-state index contributed by atoms with van der Waals surface area (Å²) in [7, 11) is 1.53. The van der Waals surface area contributed by atoms with Crippen molar-refractivity contribution in [2.24, 2.45) is 0 Å². The van der Waals surface area contributed by atoms with Crippen molar-refractivity contribution in [3.05, 3.63) is 47.0 Å². The Labute approximate surface area is 192 Å². The molecule has 0 bridgehead atoms. The topological polar surface area (TPSA) is 107 Å². The third-order valence-electron chi connectivity index (χ3n) is 5.78. The Morgan fingerprint density at radius 1 is 1.39 bits per heavy atom. The van der Waals surface area contributed by atoms with Crippen molar-refractivity contribution < 1.29 is 33.6 Å². The van der Waals surface area contributed by atoms with E-state index in [0.29, 0.717) is 54.3 Å². The monoisotopic (exact) mass is 456 g/mol. The third-order valence-corrected chi connectivity index (χ3v) is 5.78. The second-order valence-electron chi connectivity index (χ2n) is 8.47. The number of carbonyl (C=O) groups is 2. The molecule has 1 aromatic carbocycles. The van der Waals surface area contributed by atoms with E-state index in [4.69, 9.17) is 18.9 Å². The van der Waals surface area contributed by atoms with Crippen LogP contribution >= 0.6 is 0 Å². The van der Waals surface area contributed by atoms with Crippen LogP contribution < -0.4 is 19.5 Å². The lowest BCUT2D eigenvalue weighted by molar-refractivity contribution is -0.141. The van der Waals surface area contributed by atoms with Gasteiger partial charge in [0.1, 0.15) is 23.4 Å². The molecule has 0 fully saturated rings. The van der Waals surface area contributed by atoms with E-state index in [1.54, 1.807) is 26.8 Å². The minimum absolute atomic E-state index is 0.0910. The Morgan fingerprint density at radius 3 is 2.79 bits per heavy atom. The molecular formula is C24H28N2O7. The van der Waals surface area contributed by atoms with Crippen molar-refractivity contribution in [2.45, 2.75) is 38.9 Å². The third kappa shape index (κ3) is 4.16. The quantitative estimate of drug-likeness (QED) is 0.470. The Morgan fingerprint density at radius 2 is 2.18 bits per heavy atom. The molecule has 0 spiro atoms. The molecule has 3 heterocycles. The number of benzene rings is 1. The number of nitrogens with one attached hydrogen (secondary N) is 1. The number of hydrogen-bond acceptors (Lipinski definition) is 9. The lowest BCUT2D eigenvalue weighted by atomic mass is 9.89. The van der Waals surface area contributed by atoms with Gasteiger partial charge in [-0.2, -0.15) is 0 Å². The molecule has 176 valence electrons. The van der Waals surface area contributed by atoms with Crippen LogP contribution in [-0.2, 0) is 20.7 Å². The van der Waals surface area contributed by atoms with Crippen molar-refractivity contribution in [2.75, 3.05) is 26.9 Å². The van der Waals surface area contributed by atoms with Gasteiger partial charge in [0.2, 0.25) is 5.76 Å². The maximum atomic E-state index is 12.6. The van der Waals surface area contributed by atoms with Gasteiger partial charge in [-0.3, -0.25) is 4.79 Å². The second kappa shape index (κ2) is 8.82. The first-order valence-electron chi connectivity index (χ1n) is 10.8. The van der Waals surface area contributed by atoms with Crippen LogP contribution in [0.25, 0.3) is 5.57 Å². The van der Waals surface area contributed by atoms with E-state index >= 15 is 0 Å². The first-order chi connectivity index (χ1) is 15.8. The number of aliphatic hydroxyl groups is 1. The largest absolute Gasteiger partial charge is 0.496 e. The van der Waals surface area contributed by atoms with E-state index < -0.39 is 17.7 Å². The molecule has 1 atom stereocenters. The van der Waals surface area contributed by atoms with E-state index in [9.17, 15) is 14.7 Å². The van der Waals surface area contributed by atoms with Crippen molar-refractivity contribution in [3.63, 3.8) is 0 Å². The lowest BCUT2D eigenvalue weighted by Gasteiger charge is -2.26. The molecule has 3 aliphatic rings. The van der Waals surface area contributed by atoms with Gasteiger partial charge < -0.3 is 34.3 Å². The molecule has 1 unspecified atom stereocenters. The van der Waals surface area contributed by atoms with E-state index in [2.05, 4.69) is 5.32 Å². The van der Waals surface area contributed by atoms with Crippen molar-refractivity contribution in [1.29, 1.82) is 0 Å². The van der Waals surface area contributed by atoms with E-state index in [-0.39, 0.29) is 17.9 Å². The SMILES string of the molecule is CCOC(=O)C1=C(C=O)C(=CCN2C=CNC2)c2c(cc3c(c2OC)CC(C(C)(C)O)O3)O1. The summed E-state index contributed by atoms with van der Waals surface area (Å²) < 4.78 is 22.8. The smallest absolute Gasteiger partial charge is 0.375 e. The summed E-state index contributed by atoms with van der Waals surface area (Å²) in [5, 5.41) is 13.6. The van der Waals surface area contributed by atoms with Crippen LogP contribution in [-0.4, -0.2) is 60.9 Å². The Hall–Kier alpha value is -3.46. The number of nitrogens with zero attached hydrogens (tertiary/aromatic N) is 1. The highest BCUT2D eigenvalue weighted by Crippen LogP contribution is 2.51. The fraction of sp³-hybridized carbons (Fsp3) is 0.417. The summed E-state index contributed by atoms with van der Waals surface area (Å²) in [6.07, 6.45) is 6.13. The van der Waals surface area contributed by atoms with Crippen molar-refractivity contribution in [3.8, 4) is 17.2 Å². The minimum atomic E-state index is -1.08. The average Bonchev–Trinajstić information content (AvgIpc) is 3.44. The molecule has 0 radical (unpaired) electrons. The Bertz CT molecular complexity index is 1070. The molecule has 3 aliphatic heterocycles. The molecule has 0 aliphatic carbocycles. The number of allylic oxidation sites excluding steroid dienone is 2. The van der Waals surface area contributed by atoms with Gasteiger partial charge in [-0.25, -0.2) is 4.79 Å². The predicted octanol–water partition coefficient (Wildman–Crippen LogP) is 1.90. The zero-order valence-corrected chi connectivity index (χ0v) is 19.1. The first kappa shape index (κ1) is 22.7. The number of aldehydes is 1. The standard InChI is InChI=1S/C24H28N2O7/c1-5-31-23(28)22-16(12-27)14(6-8-26-9-7-25-13-26)20-18(33-22)11-17-15(21(20)30-4)10-19(32-17)24(2,3)29/h6-7,9,11-12,19,25,29H,5,8,10,13H2,1-4H3. The average molecular weight is 456 g/mol. The second-order valence-corrected chi connectivity index (χ2v) is 8.47. The van der Waals surface area contributed by atoms with E-state index in [0.717, 1.165) is 5.56 Å². The van der Waals surface area contributed by atoms with Crippen LogP contribution in [0.3, 0.4) is 0 Å². The number of carbonyl (C=O) groups excluding carboxylic acids is 2. The van der Waals surface area contributed by atoms with Crippen LogP contribution in [0.1, 0.15) is 31.9 Å². The van der Waals surface area contributed by atoms with Gasteiger partial charge in [0.15, 0.2) is 6.29 Å². The highest BCUT2D eigenvalue weighted by atomic mass is 16.6. The molecule has 1 aromatic rings. The van der Waals surface area contributed by atoms with Crippen LogP contribution in [0, 0.1) is 0 Å². The molecule has 33 heavy (non-hydrogen) atoms. The van der Waals surface area contributed by atoms with Gasteiger partial charge in [0.05, 0.1) is 37.1 Å². The molecule has 0 saturated heterocycles. The summed E-state index contributed by atoms with van der Waals surface area (Å²) in [6, 6.07) is 1.67. The predicted molar refractivity (Wildman–Crippen MR) is 120 cm³/mol. The molecule has 4 rings (SSSR count). The summed E-state index contributed by atoms with van der Waals surface area (Å²) >= 11 is 0. The maximum Gasteiger partial charge on any atom is 0.375 e. The zero-order valence-electron chi connectivity index (χ0n) is 19.1. The fourth-order valence-electron chi connectivity index (χ4n) is 4.10. The summed E-state index contributed by atoms with van der Waals surface area (Å²) in [5.74, 6) is 0.393. The van der Waals surface area contributed by atoms with Gasteiger partial charge in [-0.05, 0) is 20.8 Å². The number of hydrogen-bond donors (Lipinski definition) is 2. The van der Waals surface area contributed by atoms with Crippen LogP contribution in [0.15, 0.2) is 35.9 Å². The molecule has 0 aromatic heterocycles. The first-order valence-corrected chi connectivity index (χ1v) is 10.8. The van der Waals surface area contributed by atoms with Crippen LogP contribution in [0.4, 0.5) is 0 Å². The normalized spacial score (nSPS) is 20.1. The molecule has 0 saturated carbocycles. The Kier molecular flexibility index (Phi) is 6.07. The summed E-state index contributed by atoms with van der Waals surface area (Å²) in [4.78, 5) is 26.8. The van der Waals surface area contributed by atoms with Crippen molar-refractivity contribution >= 4 is 17.8 Å². The number of methoxy groups -OCH3 is 1. The maximum absolute atomic E-state index is 12.6. The molecular weight excluding hydrogens is 428 g/mol. The zero-order chi connectivity index (χ0) is 23.8. The Balaban J connectivity index is 1.87. The number of esters is 1. The van der Waals surface area contributed by atoms with E-state index in [1.165, 1.54) is 7.11 Å². The van der Waals surface area contributed by atoms with Gasteiger partial charge in [-0.1, -0.05) is 6.08 Å². The molecule has 9 heteroatoms. The molecule has 0 amide bonds. The van der Waals surface area contributed by atoms with Crippen LogP contribution in [0.2, 0.25) is 0 Å². The highest BCUT2D eigenvalue weighted by molar-refractivity contribution is 6.09. The van der Waals surface area contributed by atoms with Gasteiger partial charge in [0.25, 0.3) is 0 Å². The van der Waals surface area contributed by atoms with Gasteiger partial charge in [0, 0.05) is 42.6 Å². The summed E-state index contributed by atoms with van der Waals surface area (Å²) in [5.41, 5.74) is 0.851. The van der Waals surface area contributed by atoms with Gasteiger partial charge in [-0.15, -0.1) is 0 Å². The lowest BCUT2D eigenvalue weighted by Crippen LogP contribution is -2.39. The molecule has 9 nitrogen and oxygen atoms in total. The number of ether oxygens (including phenoxy) is 4.